The highest BCUT2D eigenvalue weighted by Gasteiger charge is 2.22. The van der Waals surface area contributed by atoms with E-state index in [0.29, 0.717) is 36.4 Å². The number of amides is 3. The molecule has 2 aromatic carbocycles. The second kappa shape index (κ2) is 7.83. The lowest BCUT2D eigenvalue weighted by Crippen LogP contribution is -2.43. The Kier molecular flexibility index (Phi) is 5.09. The monoisotopic (exact) mass is 397 g/mol. The van der Waals surface area contributed by atoms with Gasteiger partial charge in [0, 0.05) is 18.8 Å². The summed E-state index contributed by atoms with van der Waals surface area (Å²) in [5, 5.41) is 8.93. The molecule has 3 aromatic rings. The number of nitrogens with two attached hydrogens (primary N) is 1. The zero-order chi connectivity index (χ0) is 19.5. The highest BCUT2D eigenvalue weighted by atomic mass is 32.1. The van der Waals surface area contributed by atoms with Crippen LogP contribution in [0.15, 0.2) is 42.5 Å². The number of carbonyl (C=O) groups excluding carboxylic acids is 2. The van der Waals surface area contributed by atoms with E-state index in [2.05, 4.69) is 15.6 Å². The average Bonchev–Trinajstić information content (AvgIpc) is 3.11. The number of nitrogens with zero attached hydrogens (tertiary/aromatic N) is 2. The number of ether oxygens (including phenoxy) is 1. The Morgan fingerprint density at radius 1 is 1.11 bits per heavy atom. The molecule has 0 unspecified atom stereocenters. The minimum Gasteiger partial charge on any atom is -0.378 e. The van der Waals surface area contributed by atoms with Gasteiger partial charge in [0.2, 0.25) is 0 Å². The van der Waals surface area contributed by atoms with Crippen LogP contribution in [0.3, 0.4) is 0 Å². The summed E-state index contributed by atoms with van der Waals surface area (Å²) >= 11 is 1.17. The summed E-state index contributed by atoms with van der Waals surface area (Å²) in [6, 6.07) is 13.6. The van der Waals surface area contributed by atoms with Crippen LogP contribution in [0.25, 0.3) is 10.8 Å². The van der Waals surface area contributed by atoms with Gasteiger partial charge in [-0.25, -0.2) is 9.78 Å². The molecular formula is C19H19N5O3S. The van der Waals surface area contributed by atoms with Crippen LogP contribution in [0.2, 0.25) is 0 Å². The summed E-state index contributed by atoms with van der Waals surface area (Å²) in [5.74, 6) is -0.694. The first-order valence-electron chi connectivity index (χ1n) is 8.80. The second-order valence-corrected chi connectivity index (χ2v) is 7.28. The molecule has 0 bridgehead atoms. The first-order valence-corrected chi connectivity index (χ1v) is 9.62. The van der Waals surface area contributed by atoms with Crippen molar-refractivity contribution in [2.24, 2.45) is 5.73 Å². The van der Waals surface area contributed by atoms with Gasteiger partial charge in [-0.15, -0.1) is 0 Å². The number of urea groups is 1. The molecule has 0 atom stereocenters. The van der Waals surface area contributed by atoms with Gasteiger partial charge in [0.05, 0.1) is 13.2 Å². The molecule has 1 fully saturated rings. The third kappa shape index (κ3) is 3.90. The number of nitrogens with one attached hydrogen (secondary N) is 2. The number of aromatic nitrogens is 1. The number of fused-ring (bicyclic) bond motifs is 1. The number of rotatable bonds is 4. The first-order chi connectivity index (χ1) is 13.6. The first kappa shape index (κ1) is 18.2. The van der Waals surface area contributed by atoms with E-state index in [0.717, 1.165) is 16.5 Å². The number of hydrogen-bond donors (Lipinski definition) is 3. The van der Waals surface area contributed by atoms with Gasteiger partial charge < -0.3 is 20.7 Å². The molecule has 1 aliphatic heterocycles. The van der Waals surface area contributed by atoms with Crippen molar-refractivity contribution in [1.29, 1.82) is 0 Å². The standard InChI is InChI=1S/C19H19N5O3S/c20-16(25)15-17(23-19(26)24-7-9-27-10-8-24)28-18(22-15)21-14-6-5-12-3-1-2-4-13(12)11-14/h1-6,11H,7-10H2,(H2,20,25)(H,21,22)(H,23,26). The maximum atomic E-state index is 12.4. The van der Waals surface area contributed by atoms with Gasteiger partial charge in [-0.3, -0.25) is 10.1 Å². The Morgan fingerprint density at radius 3 is 2.61 bits per heavy atom. The molecule has 144 valence electrons. The molecule has 3 amide bonds. The van der Waals surface area contributed by atoms with Gasteiger partial charge in [0.1, 0.15) is 5.00 Å². The molecule has 9 heteroatoms. The molecule has 0 aliphatic carbocycles. The number of thiazole rings is 1. The van der Waals surface area contributed by atoms with Crippen molar-refractivity contribution in [3.63, 3.8) is 0 Å². The largest absolute Gasteiger partial charge is 0.378 e. The zero-order valence-electron chi connectivity index (χ0n) is 15.0. The fourth-order valence-electron chi connectivity index (χ4n) is 2.96. The van der Waals surface area contributed by atoms with Crippen molar-refractivity contribution in [2.75, 3.05) is 36.9 Å². The van der Waals surface area contributed by atoms with E-state index in [1.807, 2.05) is 42.5 Å². The average molecular weight is 397 g/mol. The summed E-state index contributed by atoms with van der Waals surface area (Å²) in [6.45, 7) is 1.98. The smallest absolute Gasteiger partial charge is 0.322 e. The molecule has 0 saturated carbocycles. The molecule has 1 saturated heterocycles. The van der Waals surface area contributed by atoms with E-state index in [1.165, 1.54) is 11.3 Å². The predicted molar refractivity (Wildman–Crippen MR) is 109 cm³/mol. The molecule has 0 spiro atoms. The van der Waals surface area contributed by atoms with Gasteiger partial charge in [-0.1, -0.05) is 41.7 Å². The number of morpholine rings is 1. The maximum Gasteiger partial charge on any atom is 0.322 e. The summed E-state index contributed by atoms with van der Waals surface area (Å²) in [5.41, 5.74) is 6.31. The van der Waals surface area contributed by atoms with E-state index in [1.54, 1.807) is 4.90 Å². The highest BCUT2D eigenvalue weighted by molar-refractivity contribution is 7.20. The lowest BCUT2D eigenvalue weighted by molar-refractivity contribution is 0.0565. The number of primary amides is 1. The second-order valence-electron chi connectivity index (χ2n) is 6.28. The summed E-state index contributed by atoms with van der Waals surface area (Å²) in [7, 11) is 0. The quantitative estimate of drug-likeness (QED) is 0.627. The molecular weight excluding hydrogens is 378 g/mol. The molecule has 8 nitrogen and oxygen atoms in total. The fraction of sp³-hybridized carbons (Fsp3) is 0.211. The van der Waals surface area contributed by atoms with Crippen molar-refractivity contribution < 1.29 is 14.3 Å². The van der Waals surface area contributed by atoms with Crippen molar-refractivity contribution in [2.45, 2.75) is 0 Å². The molecule has 1 aromatic heterocycles. The third-order valence-electron chi connectivity index (χ3n) is 4.38. The topological polar surface area (TPSA) is 110 Å². The number of benzene rings is 2. The van der Waals surface area contributed by atoms with Gasteiger partial charge in [-0.2, -0.15) is 0 Å². The molecule has 1 aliphatic rings. The summed E-state index contributed by atoms with van der Waals surface area (Å²) < 4.78 is 5.25. The van der Waals surface area contributed by atoms with Crippen LogP contribution >= 0.6 is 11.3 Å². The van der Waals surface area contributed by atoms with Crippen LogP contribution in [0.5, 0.6) is 0 Å². The highest BCUT2D eigenvalue weighted by Crippen LogP contribution is 2.31. The van der Waals surface area contributed by atoms with Gasteiger partial charge in [0.15, 0.2) is 10.8 Å². The SMILES string of the molecule is NC(=O)c1nc(Nc2ccc3ccccc3c2)sc1NC(=O)N1CCOCC1. The number of anilines is 3. The Labute approximate surface area is 165 Å². The Bertz CT molecular complexity index is 1030. The fourth-order valence-corrected chi connectivity index (χ4v) is 3.84. The van der Waals surface area contributed by atoms with E-state index in [4.69, 9.17) is 10.5 Å². The van der Waals surface area contributed by atoms with Gasteiger partial charge >= 0.3 is 6.03 Å². The maximum absolute atomic E-state index is 12.4. The number of carbonyl (C=O) groups is 2. The minimum absolute atomic E-state index is 0.0369. The van der Waals surface area contributed by atoms with Crippen molar-refractivity contribution in [1.82, 2.24) is 9.88 Å². The van der Waals surface area contributed by atoms with Crippen molar-refractivity contribution >= 4 is 49.9 Å². The van der Waals surface area contributed by atoms with E-state index in [-0.39, 0.29) is 11.7 Å². The van der Waals surface area contributed by atoms with Crippen LogP contribution in [0, 0.1) is 0 Å². The number of hydrogen-bond acceptors (Lipinski definition) is 6. The van der Waals surface area contributed by atoms with Crippen LogP contribution in [-0.4, -0.2) is 48.1 Å². The van der Waals surface area contributed by atoms with Crippen molar-refractivity contribution in [3.05, 3.63) is 48.2 Å². The normalized spacial score (nSPS) is 14.1. The van der Waals surface area contributed by atoms with Gasteiger partial charge in [-0.05, 0) is 22.9 Å². The molecule has 28 heavy (non-hydrogen) atoms. The van der Waals surface area contributed by atoms with Gasteiger partial charge in [0.25, 0.3) is 5.91 Å². The lowest BCUT2D eigenvalue weighted by atomic mass is 10.1. The predicted octanol–water partition coefficient (Wildman–Crippen LogP) is 3.00. The van der Waals surface area contributed by atoms with E-state index >= 15 is 0 Å². The van der Waals surface area contributed by atoms with Crippen LogP contribution in [0.4, 0.5) is 20.6 Å². The zero-order valence-corrected chi connectivity index (χ0v) is 15.8. The van der Waals surface area contributed by atoms with E-state index < -0.39 is 5.91 Å². The molecule has 2 heterocycles. The molecule has 4 rings (SSSR count). The minimum atomic E-state index is -0.694. The summed E-state index contributed by atoms with van der Waals surface area (Å²) in [4.78, 5) is 30.1. The van der Waals surface area contributed by atoms with Crippen LogP contribution in [0.1, 0.15) is 10.5 Å². The summed E-state index contributed by atoms with van der Waals surface area (Å²) in [6.07, 6.45) is 0. The van der Waals surface area contributed by atoms with Crippen LogP contribution < -0.4 is 16.4 Å². The van der Waals surface area contributed by atoms with E-state index in [9.17, 15) is 9.59 Å². The van der Waals surface area contributed by atoms with Crippen molar-refractivity contribution in [3.8, 4) is 0 Å². The molecule has 0 radical (unpaired) electrons. The Balaban J connectivity index is 1.55. The Hall–Kier alpha value is -3.17. The lowest BCUT2D eigenvalue weighted by Gasteiger charge is -2.26. The Morgan fingerprint density at radius 2 is 1.86 bits per heavy atom. The van der Waals surface area contributed by atoms with Crippen LogP contribution in [-0.2, 0) is 4.74 Å². The third-order valence-corrected chi connectivity index (χ3v) is 5.27. The molecule has 4 N–H and O–H groups in total.